The smallest absolute Gasteiger partial charge is 0.231 e. The monoisotopic (exact) mass is 334 g/mol. The van der Waals surface area contributed by atoms with E-state index in [-0.39, 0.29) is 5.91 Å². The second-order valence-corrected chi connectivity index (χ2v) is 6.50. The zero-order chi connectivity index (χ0) is 15.5. The van der Waals surface area contributed by atoms with Crippen LogP contribution in [0, 0.1) is 0 Å². The van der Waals surface area contributed by atoms with Crippen molar-refractivity contribution >= 4 is 43.9 Å². The molecule has 0 aliphatic rings. The van der Waals surface area contributed by atoms with Gasteiger partial charge in [-0.05, 0) is 23.6 Å². The van der Waals surface area contributed by atoms with Gasteiger partial charge in [-0.25, -0.2) is 4.98 Å². The summed E-state index contributed by atoms with van der Waals surface area (Å²) in [7, 11) is 3.20. The summed E-state index contributed by atoms with van der Waals surface area (Å²) in [4.78, 5) is 17.5. The van der Waals surface area contributed by atoms with Crippen molar-refractivity contribution in [2.24, 2.45) is 0 Å². The number of carbonyl (C=O) groups is 1. The standard InChI is InChI=1S/C15H14N2O3S2/c1-19-10-5-6-11(20-2)14-13(10)17-15(22-14)16-12(18)8-9-4-3-7-21-9/h3-7H,8H2,1-2H3,(H,16,17,18). The number of methoxy groups -OCH3 is 2. The van der Waals surface area contributed by atoms with Crippen molar-refractivity contribution in [1.29, 1.82) is 0 Å². The van der Waals surface area contributed by atoms with E-state index in [2.05, 4.69) is 10.3 Å². The molecule has 0 aliphatic heterocycles. The van der Waals surface area contributed by atoms with Crippen LogP contribution in [0.4, 0.5) is 5.13 Å². The number of fused-ring (bicyclic) bond motifs is 1. The van der Waals surface area contributed by atoms with E-state index in [1.807, 2.05) is 23.6 Å². The first-order valence-corrected chi connectivity index (χ1v) is 8.24. The maximum absolute atomic E-state index is 12.1. The molecule has 3 rings (SSSR count). The third-order valence-corrected chi connectivity index (χ3v) is 4.93. The van der Waals surface area contributed by atoms with Crippen LogP contribution in [-0.4, -0.2) is 25.1 Å². The van der Waals surface area contributed by atoms with Crippen LogP contribution in [0.2, 0.25) is 0 Å². The molecule has 0 saturated heterocycles. The van der Waals surface area contributed by atoms with Gasteiger partial charge in [-0.3, -0.25) is 4.79 Å². The Morgan fingerprint density at radius 3 is 2.68 bits per heavy atom. The number of thiazole rings is 1. The molecule has 5 nitrogen and oxygen atoms in total. The Labute approximate surface area is 135 Å². The third-order valence-electron chi connectivity index (χ3n) is 3.07. The molecule has 3 aromatic rings. The van der Waals surface area contributed by atoms with Crippen LogP contribution in [0.25, 0.3) is 10.2 Å². The molecule has 0 atom stereocenters. The molecule has 2 heterocycles. The van der Waals surface area contributed by atoms with Gasteiger partial charge in [0.2, 0.25) is 5.91 Å². The number of aromatic nitrogens is 1. The summed E-state index contributed by atoms with van der Waals surface area (Å²) in [6, 6.07) is 7.50. The number of benzene rings is 1. The minimum atomic E-state index is -0.0839. The largest absolute Gasteiger partial charge is 0.495 e. The van der Waals surface area contributed by atoms with Gasteiger partial charge in [0, 0.05) is 4.88 Å². The van der Waals surface area contributed by atoms with Crippen LogP contribution >= 0.6 is 22.7 Å². The molecule has 0 radical (unpaired) electrons. The summed E-state index contributed by atoms with van der Waals surface area (Å²) in [5, 5.41) is 5.33. The van der Waals surface area contributed by atoms with E-state index >= 15 is 0 Å². The Morgan fingerprint density at radius 2 is 2.00 bits per heavy atom. The highest BCUT2D eigenvalue weighted by atomic mass is 32.1. The lowest BCUT2D eigenvalue weighted by Crippen LogP contribution is -2.13. The molecular formula is C15H14N2O3S2. The van der Waals surface area contributed by atoms with Crippen molar-refractivity contribution in [3.05, 3.63) is 34.5 Å². The lowest BCUT2D eigenvalue weighted by Gasteiger charge is -2.03. The first kappa shape index (κ1) is 14.8. The average molecular weight is 334 g/mol. The van der Waals surface area contributed by atoms with E-state index in [9.17, 15) is 4.79 Å². The topological polar surface area (TPSA) is 60.5 Å². The van der Waals surface area contributed by atoms with Gasteiger partial charge in [0.25, 0.3) is 0 Å². The minimum Gasteiger partial charge on any atom is -0.495 e. The third kappa shape index (κ3) is 2.90. The molecule has 0 saturated carbocycles. The Bertz CT molecular complexity index is 756. The summed E-state index contributed by atoms with van der Waals surface area (Å²) < 4.78 is 11.5. The number of hydrogen-bond acceptors (Lipinski definition) is 6. The molecule has 1 N–H and O–H groups in total. The fourth-order valence-corrected chi connectivity index (χ4v) is 3.77. The Hall–Kier alpha value is -2.12. The Balaban J connectivity index is 1.86. The molecule has 0 bridgehead atoms. The van der Waals surface area contributed by atoms with Crippen LogP contribution in [0.1, 0.15) is 4.88 Å². The highest BCUT2D eigenvalue weighted by molar-refractivity contribution is 7.22. The molecule has 1 aromatic carbocycles. The number of hydrogen-bond donors (Lipinski definition) is 1. The number of nitrogens with zero attached hydrogens (tertiary/aromatic N) is 1. The van der Waals surface area contributed by atoms with E-state index in [0.29, 0.717) is 28.6 Å². The lowest BCUT2D eigenvalue weighted by molar-refractivity contribution is -0.115. The number of thiophene rings is 1. The van der Waals surface area contributed by atoms with E-state index in [1.165, 1.54) is 11.3 Å². The van der Waals surface area contributed by atoms with Gasteiger partial charge in [0.1, 0.15) is 21.7 Å². The Morgan fingerprint density at radius 1 is 1.23 bits per heavy atom. The van der Waals surface area contributed by atoms with Crippen LogP contribution in [0.5, 0.6) is 11.5 Å². The molecule has 0 fully saturated rings. The first-order valence-electron chi connectivity index (χ1n) is 6.55. The fourth-order valence-electron chi connectivity index (χ4n) is 2.07. The van der Waals surface area contributed by atoms with E-state index in [0.717, 1.165) is 9.58 Å². The molecule has 0 unspecified atom stereocenters. The van der Waals surface area contributed by atoms with Crippen molar-refractivity contribution in [1.82, 2.24) is 4.98 Å². The summed E-state index contributed by atoms with van der Waals surface area (Å²) in [6.45, 7) is 0. The highest BCUT2D eigenvalue weighted by Crippen LogP contribution is 2.38. The van der Waals surface area contributed by atoms with Gasteiger partial charge < -0.3 is 14.8 Å². The second-order valence-electron chi connectivity index (χ2n) is 4.47. The number of rotatable bonds is 5. The van der Waals surface area contributed by atoms with Gasteiger partial charge in [-0.1, -0.05) is 17.4 Å². The van der Waals surface area contributed by atoms with E-state index in [1.54, 1.807) is 31.6 Å². The van der Waals surface area contributed by atoms with Crippen LogP contribution in [-0.2, 0) is 11.2 Å². The quantitative estimate of drug-likeness (QED) is 0.775. The van der Waals surface area contributed by atoms with Crippen LogP contribution in [0.15, 0.2) is 29.6 Å². The molecule has 0 aliphatic carbocycles. The molecule has 1 amide bonds. The van der Waals surface area contributed by atoms with Crippen LogP contribution in [0.3, 0.4) is 0 Å². The summed E-state index contributed by atoms with van der Waals surface area (Å²) in [5.74, 6) is 1.29. The van der Waals surface area contributed by atoms with Crippen molar-refractivity contribution < 1.29 is 14.3 Å². The molecule has 7 heteroatoms. The Kier molecular flexibility index (Phi) is 4.26. The molecule has 114 valence electrons. The predicted molar refractivity (Wildman–Crippen MR) is 89.4 cm³/mol. The van der Waals surface area contributed by atoms with Crippen molar-refractivity contribution in [2.45, 2.75) is 6.42 Å². The molecule has 22 heavy (non-hydrogen) atoms. The SMILES string of the molecule is COc1ccc(OC)c2sc(NC(=O)Cc3cccs3)nc12. The zero-order valence-electron chi connectivity index (χ0n) is 12.1. The zero-order valence-corrected chi connectivity index (χ0v) is 13.7. The number of ether oxygens (including phenoxy) is 2. The number of anilines is 1. The highest BCUT2D eigenvalue weighted by Gasteiger charge is 2.15. The minimum absolute atomic E-state index is 0.0839. The van der Waals surface area contributed by atoms with Gasteiger partial charge in [0.05, 0.1) is 20.6 Å². The first-order chi connectivity index (χ1) is 10.7. The average Bonchev–Trinajstić information content (AvgIpc) is 3.15. The molecule has 0 spiro atoms. The van der Waals surface area contributed by atoms with Gasteiger partial charge in [-0.15, -0.1) is 11.3 Å². The van der Waals surface area contributed by atoms with Crippen molar-refractivity contribution in [3.8, 4) is 11.5 Å². The second kappa shape index (κ2) is 6.33. The number of nitrogens with one attached hydrogen (secondary N) is 1. The number of amides is 1. The summed E-state index contributed by atoms with van der Waals surface area (Å²) >= 11 is 2.94. The number of carbonyl (C=O) groups excluding carboxylic acids is 1. The summed E-state index contributed by atoms with van der Waals surface area (Å²) in [6.07, 6.45) is 0.349. The van der Waals surface area contributed by atoms with Crippen molar-refractivity contribution in [3.63, 3.8) is 0 Å². The normalized spacial score (nSPS) is 10.6. The maximum Gasteiger partial charge on any atom is 0.231 e. The van der Waals surface area contributed by atoms with Gasteiger partial charge in [0.15, 0.2) is 5.13 Å². The summed E-state index contributed by atoms with van der Waals surface area (Å²) in [5.41, 5.74) is 0.693. The van der Waals surface area contributed by atoms with Crippen molar-refractivity contribution in [2.75, 3.05) is 19.5 Å². The van der Waals surface area contributed by atoms with Gasteiger partial charge >= 0.3 is 0 Å². The van der Waals surface area contributed by atoms with Gasteiger partial charge in [-0.2, -0.15) is 0 Å². The lowest BCUT2D eigenvalue weighted by atomic mass is 10.3. The molecule has 2 aromatic heterocycles. The maximum atomic E-state index is 12.1. The predicted octanol–water partition coefficient (Wildman–Crippen LogP) is 3.56. The van der Waals surface area contributed by atoms with E-state index < -0.39 is 0 Å². The molecular weight excluding hydrogens is 320 g/mol. The van der Waals surface area contributed by atoms with E-state index in [4.69, 9.17) is 9.47 Å². The fraction of sp³-hybridized carbons (Fsp3) is 0.200. The van der Waals surface area contributed by atoms with Crippen LogP contribution < -0.4 is 14.8 Å².